The van der Waals surface area contributed by atoms with Crippen LogP contribution in [-0.2, 0) is 27.1 Å². The maximum Gasteiger partial charge on any atom is 1.00 e. The molecule has 1 aromatic rings. The zero-order valence-corrected chi connectivity index (χ0v) is 12.1. The van der Waals surface area contributed by atoms with Crippen molar-refractivity contribution in [2.24, 2.45) is 0 Å². The third kappa shape index (κ3) is 3.29. The summed E-state index contributed by atoms with van der Waals surface area (Å²) < 4.78 is 26.6. The molecule has 84 valence electrons. The van der Waals surface area contributed by atoms with Crippen LogP contribution in [0.1, 0.15) is 12.6 Å². The Morgan fingerprint density at radius 1 is 1.31 bits per heavy atom. The molecule has 6 heteroatoms. The number of hydrogen-bond donors (Lipinski definition) is 1. The number of fused-ring (bicyclic) bond motifs is 1. The maximum atomic E-state index is 11.0. The Balaban J connectivity index is 0.00000128. The van der Waals surface area contributed by atoms with Gasteiger partial charge in [0.1, 0.15) is 0 Å². The second-order valence-electron chi connectivity index (χ2n) is 3.86. The average Bonchev–Trinajstić information content (AvgIpc) is 2.35. The molecule has 0 fully saturated rings. The molecule has 0 saturated carbocycles. The fraction of sp³-hybridized carbons (Fsp3) is 0.400. The number of benzene rings is 1. The fourth-order valence-corrected chi connectivity index (χ4v) is 2.58. The molecule has 0 aromatic heterocycles. The van der Waals surface area contributed by atoms with Crippen LogP contribution in [0.15, 0.2) is 24.3 Å². The van der Waals surface area contributed by atoms with Crippen molar-refractivity contribution < 1.29 is 48.7 Å². The molecule has 0 saturated heterocycles. The summed E-state index contributed by atoms with van der Waals surface area (Å²) in [6.07, 6.45) is 1.38. The van der Waals surface area contributed by atoms with Gasteiger partial charge >= 0.3 is 29.6 Å². The van der Waals surface area contributed by atoms with Crippen molar-refractivity contribution in [2.75, 3.05) is 6.26 Å². The fourth-order valence-electron chi connectivity index (χ4n) is 1.90. The average molecular weight is 252 g/mol. The summed E-state index contributed by atoms with van der Waals surface area (Å²) in [5.74, 6) is -1.60. The second kappa shape index (κ2) is 4.76. The Labute approximate surface area is 119 Å². The molecule has 0 aliphatic heterocycles. The van der Waals surface area contributed by atoms with Crippen molar-refractivity contribution in [1.29, 1.82) is 0 Å². The molecule has 0 atom stereocenters. The van der Waals surface area contributed by atoms with Crippen LogP contribution in [0, 0.1) is 0 Å². The van der Waals surface area contributed by atoms with Crippen LogP contribution >= 0.6 is 0 Å². The van der Waals surface area contributed by atoms with Gasteiger partial charge in [0.25, 0.3) is 10.1 Å². The predicted molar refractivity (Wildman–Crippen MR) is 55.8 cm³/mol. The molecule has 4 nitrogen and oxygen atoms in total. The third-order valence-corrected chi connectivity index (χ3v) is 2.97. The first-order chi connectivity index (χ1) is 6.88. The Morgan fingerprint density at radius 2 is 1.75 bits per heavy atom. The van der Waals surface area contributed by atoms with Crippen LogP contribution in [0.5, 0.6) is 0 Å². The van der Waals surface area contributed by atoms with Crippen molar-refractivity contribution in [1.82, 2.24) is 0 Å². The van der Waals surface area contributed by atoms with Gasteiger partial charge in [0.15, 0.2) is 5.79 Å². The zero-order chi connectivity index (χ0) is 11.1. The van der Waals surface area contributed by atoms with E-state index in [1.807, 2.05) is 24.3 Å². The third-order valence-electron chi connectivity index (χ3n) is 2.36. The van der Waals surface area contributed by atoms with Crippen LogP contribution in [0.2, 0.25) is 0 Å². The Morgan fingerprint density at radius 3 is 2.12 bits per heavy atom. The van der Waals surface area contributed by atoms with E-state index < -0.39 is 15.9 Å². The second-order valence-corrected chi connectivity index (χ2v) is 5.43. The molecule has 0 spiro atoms. The van der Waals surface area contributed by atoms with E-state index in [4.69, 9.17) is 4.18 Å². The van der Waals surface area contributed by atoms with Gasteiger partial charge in [-0.15, -0.1) is 0 Å². The topological polar surface area (TPSA) is 63.6 Å². The number of hydrogen-bond acceptors (Lipinski definition) is 4. The molecule has 0 unspecified atom stereocenters. The first-order valence-electron chi connectivity index (χ1n) is 4.58. The van der Waals surface area contributed by atoms with Gasteiger partial charge < -0.3 is 6.53 Å². The minimum atomic E-state index is -3.63. The number of rotatable bonds is 2. The molecule has 1 N–H and O–H groups in total. The molecule has 0 radical (unpaired) electrons. The summed E-state index contributed by atoms with van der Waals surface area (Å²) in [6.45, 7) is 0. The van der Waals surface area contributed by atoms with E-state index >= 15 is 0 Å². The Bertz CT molecular complexity index is 464. The summed E-state index contributed by atoms with van der Waals surface area (Å²) in [4.78, 5) is 0. The maximum absolute atomic E-state index is 11.0. The Kier molecular flexibility index (Phi) is 4.21. The molecule has 1 aliphatic carbocycles. The monoisotopic (exact) mass is 252 g/mol. The van der Waals surface area contributed by atoms with Crippen molar-refractivity contribution in [2.45, 2.75) is 18.6 Å². The summed E-state index contributed by atoms with van der Waals surface area (Å²) >= 11 is 0. The molecule has 0 bridgehead atoms. The minimum absolute atomic E-state index is 0. The van der Waals surface area contributed by atoms with E-state index in [0.29, 0.717) is 0 Å². The molecular formula is C10H13NaO4S. The van der Waals surface area contributed by atoms with Crippen LogP contribution in [0.4, 0.5) is 0 Å². The summed E-state index contributed by atoms with van der Waals surface area (Å²) in [5, 5.41) is 9.95. The van der Waals surface area contributed by atoms with Gasteiger partial charge in [-0.3, -0.25) is 0 Å². The van der Waals surface area contributed by atoms with Crippen molar-refractivity contribution in [3.8, 4) is 0 Å². The van der Waals surface area contributed by atoms with Gasteiger partial charge in [0.05, 0.1) is 6.26 Å². The standard InChI is InChI=1S/C10H12O4S.Na.H/c1-15(12,13)14-10(11)6-8-4-2-3-5-9(8)7-10;;/h2-5,11H,6-7H2,1H3;;/q;+1;-1. The van der Waals surface area contributed by atoms with Gasteiger partial charge in [-0.25, -0.2) is 4.18 Å². The zero-order valence-electron chi connectivity index (χ0n) is 10.3. The molecule has 2 rings (SSSR count). The molecule has 0 amide bonds. The molecule has 1 aromatic carbocycles. The SMILES string of the molecule is CS(=O)(=O)OC1(O)Cc2ccccc2C1.[H-].[Na+]. The van der Waals surface area contributed by atoms with Gasteiger partial charge in [-0.2, -0.15) is 8.42 Å². The Hall–Kier alpha value is 0.0900. The van der Waals surface area contributed by atoms with Crippen LogP contribution in [0.3, 0.4) is 0 Å². The molecule has 0 heterocycles. The normalized spacial score (nSPS) is 17.6. The van der Waals surface area contributed by atoms with Crippen molar-refractivity contribution in [3.05, 3.63) is 35.4 Å². The van der Waals surface area contributed by atoms with Crippen LogP contribution in [-0.4, -0.2) is 25.6 Å². The summed E-state index contributed by atoms with van der Waals surface area (Å²) in [7, 11) is -3.63. The molecule has 16 heavy (non-hydrogen) atoms. The van der Waals surface area contributed by atoms with Gasteiger partial charge in [0, 0.05) is 12.8 Å². The number of aliphatic hydroxyl groups is 1. The smallest absolute Gasteiger partial charge is 1.00 e. The summed E-state index contributed by atoms with van der Waals surface area (Å²) in [5.41, 5.74) is 1.87. The summed E-state index contributed by atoms with van der Waals surface area (Å²) in [6, 6.07) is 7.42. The first-order valence-corrected chi connectivity index (χ1v) is 6.39. The van der Waals surface area contributed by atoms with E-state index in [9.17, 15) is 13.5 Å². The van der Waals surface area contributed by atoms with E-state index in [1.54, 1.807) is 0 Å². The van der Waals surface area contributed by atoms with E-state index in [0.717, 1.165) is 17.4 Å². The van der Waals surface area contributed by atoms with Crippen LogP contribution in [0.25, 0.3) is 0 Å². The largest absolute Gasteiger partial charge is 1.00 e. The minimum Gasteiger partial charge on any atom is -1.00 e. The van der Waals surface area contributed by atoms with E-state index in [-0.39, 0.29) is 43.8 Å². The quantitative estimate of drug-likeness (QED) is 0.361. The van der Waals surface area contributed by atoms with Gasteiger partial charge in [-0.1, -0.05) is 24.3 Å². The molecule has 1 aliphatic rings. The van der Waals surface area contributed by atoms with Crippen molar-refractivity contribution >= 4 is 10.1 Å². The predicted octanol–water partition coefficient (Wildman–Crippen LogP) is -2.43. The molecular weight excluding hydrogens is 239 g/mol. The van der Waals surface area contributed by atoms with Gasteiger partial charge in [-0.05, 0) is 11.1 Å². The van der Waals surface area contributed by atoms with E-state index in [2.05, 4.69) is 0 Å². The van der Waals surface area contributed by atoms with E-state index in [1.165, 1.54) is 0 Å². The van der Waals surface area contributed by atoms with Gasteiger partial charge in [0.2, 0.25) is 0 Å². The van der Waals surface area contributed by atoms with Crippen LogP contribution < -0.4 is 29.6 Å². The van der Waals surface area contributed by atoms with Crippen molar-refractivity contribution in [3.63, 3.8) is 0 Å². The first kappa shape index (κ1) is 14.2.